The van der Waals surface area contributed by atoms with E-state index in [1.165, 1.54) is 0 Å². The van der Waals surface area contributed by atoms with Gasteiger partial charge >= 0.3 is 0 Å². The number of nitrogens with zero attached hydrogens (tertiary/aromatic N) is 1. The van der Waals surface area contributed by atoms with Gasteiger partial charge in [-0.2, -0.15) is 0 Å². The van der Waals surface area contributed by atoms with E-state index in [0.29, 0.717) is 11.6 Å². The Hall–Kier alpha value is -0.770. The van der Waals surface area contributed by atoms with Crippen LogP contribution in [0.3, 0.4) is 0 Å². The smallest absolute Gasteiger partial charge is 0.243 e. The van der Waals surface area contributed by atoms with E-state index in [2.05, 4.69) is 0 Å². The zero-order valence-electron chi connectivity index (χ0n) is 9.43. The lowest BCUT2D eigenvalue weighted by Gasteiger charge is -2.23. The molecule has 2 N–H and O–H groups in total. The first kappa shape index (κ1) is 14.3. The average Bonchev–Trinajstić information content (AvgIpc) is 2.44. The van der Waals surface area contributed by atoms with Gasteiger partial charge in [0.25, 0.3) is 0 Å². The number of rotatable bonds is 1. The number of amides is 1. The van der Waals surface area contributed by atoms with Crippen molar-refractivity contribution in [2.75, 3.05) is 11.4 Å². The Balaban J connectivity index is 0.00000144. The van der Waals surface area contributed by atoms with Crippen molar-refractivity contribution in [1.29, 1.82) is 0 Å². The number of benzene rings is 1. The summed E-state index contributed by atoms with van der Waals surface area (Å²) in [6.07, 6.45) is 2.73. The summed E-state index contributed by atoms with van der Waals surface area (Å²) in [5.41, 5.74) is 6.59. The van der Waals surface area contributed by atoms with Gasteiger partial charge in [-0.1, -0.05) is 23.7 Å². The van der Waals surface area contributed by atoms with Gasteiger partial charge in [-0.05, 0) is 31.4 Å². The minimum absolute atomic E-state index is 0. The van der Waals surface area contributed by atoms with Crippen LogP contribution in [-0.4, -0.2) is 18.5 Å². The molecule has 1 aromatic carbocycles. The SMILES string of the molecule is Cl.NC1CCCCN(c2ccccc2Cl)C1=O. The highest BCUT2D eigenvalue weighted by Gasteiger charge is 2.25. The van der Waals surface area contributed by atoms with Gasteiger partial charge in [-0.25, -0.2) is 0 Å². The van der Waals surface area contributed by atoms with E-state index in [-0.39, 0.29) is 18.3 Å². The largest absolute Gasteiger partial charge is 0.320 e. The van der Waals surface area contributed by atoms with Gasteiger partial charge in [0.15, 0.2) is 0 Å². The number of carbonyl (C=O) groups excluding carboxylic acids is 1. The van der Waals surface area contributed by atoms with Crippen LogP contribution in [0.4, 0.5) is 5.69 Å². The van der Waals surface area contributed by atoms with Crippen LogP contribution >= 0.6 is 24.0 Å². The van der Waals surface area contributed by atoms with Gasteiger partial charge in [0, 0.05) is 6.54 Å². The fraction of sp³-hybridized carbons (Fsp3) is 0.417. The molecule has 94 valence electrons. The number of hydrogen-bond donors (Lipinski definition) is 1. The summed E-state index contributed by atoms with van der Waals surface area (Å²) in [5.74, 6) is -0.0226. The third-order valence-corrected chi connectivity index (χ3v) is 3.19. The summed E-state index contributed by atoms with van der Waals surface area (Å²) >= 11 is 6.09. The minimum Gasteiger partial charge on any atom is -0.320 e. The molecule has 1 aliphatic heterocycles. The Labute approximate surface area is 112 Å². The van der Waals surface area contributed by atoms with Crippen LogP contribution in [0.1, 0.15) is 19.3 Å². The van der Waals surface area contributed by atoms with Crippen molar-refractivity contribution in [2.24, 2.45) is 5.73 Å². The standard InChI is InChI=1S/C12H15ClN2O.ClH/c13-9-5-1-2-7-11(9)15-8-4-3-6-10(14)12(15)16;/h1-2,5,7,10H,3-4,6,8,14H2;1H. The second-order valence-corrected chi connectivity index (χ2v) is 4.45. The van der Waals surface area contributed by atoms with Crippen LogP contribution < -0.4 is 10.6 Å². The van der Waals surface area contributed by atoms with Crippen LogP contribution in [0.25, 0.3) is 0 Å². The topological polar surface area (TPSA) is 46.3 Å². The summed E-state index contributed by atoms with van der Waals surface area (Å²) < 4.78 is 0. The Kier molecular flexibility index (Phi) is 5.25. The molecule has 1 fully saturated rings. The van der Waals surface area contributed by atoms with E-state index >= 15 is 0 Å². The minimum atomic E-state index is -0.390. The maximum absolute atomic E-state index is 12.0. The Morgan fingerprint density at radius 1 is 1.29 bits per heavy atom. The van der Waals surface area contributed by atoms with E-state index in [4.69, 9.17) is 17.3 Å². The Morgan fingerprint density at radius 2 is 2.00 bits per heavy atom. The van der Waals surface area contributed by atoms with Crippen molar-refractivity contribution in [1.82, 2.24) is 0 Å². The van der Waals surface area contributed by atoms with E-state index in [1.807, 2.05) is 18.2 Å². The molecular weight excluding hydrogens is 259 g/mol. The molecular formula is C12H16Cl2N2O. The van der Waals surface area contributed by atoms with Crippen LogP contribution in [0.2, 0.25) is 5.02 Å². The second-order valence-electron chi connectivity index (χ2n) is 4.04. The predicted molar refractivity (Wildman–Crippen MR) is 72.9 cm³/mol. The van der Waals surface area contributed by atoms with E-state index in [0.717, 1.165) is 24.9 Å². The molecule has 0 aliphatic carbocycles. The molecule has 17 heavy (non-hydrogen) atoms. The number of halogens is 2. The zero-order valence-corrected chi connectivity index (χ0v) is 11.0. The maximum atomic E-state index is 12.0. The Morgan fingerprint density at radius 3 is 2.71 bits per heavy atom. The molecule has 0 saturated carbocycles. The molecule has 0 bridgehead atoms. The number of anilines is 1. The van der Waals surface area contributed by atoms with Gasteiger partial charge in [0.1, 0.15) is 0 Å². The van der Waals surface area contributed by atoms with Crippen molar-refractivity contribution in [2.45, 2.75) is 25.3 Å². The van der Waals surface area contributed by atoms with E-state index in [9.17, 15) is 4.79 Å². The van der Waals surface area contributed by atoms with Gasteiger partial charge in [0.05, 0.1) is 16.8 Å². The molecule has 0 radical (unpaired) electrons. The summed E-state index contributed by atoms with van der Waals surface area (Å²) in [5, 5.41) is 0.602. The zero-order chi connectivity index (χ0) is 11.5. The molecule has 1 aromatic rings. The third-order valence-electron chi connectivity index (χ3n) is 2.87. The molecule has 3 nitrogen and oxygen atoms in total. The summed E-state index contributed by atoms with van der Waals surface area (Å²) in [6.45, 7) is 0.705. The molecule has 1 heterocycles. The van der Waals surface area contributed by atoms with Crippen molar-refractivity contribution >= 4 is 35.6 Å². The number of para-hydroxylation sites is 1. The molecule has 1 saturated heterocycles. The van der Waals surface area contributed by atoms with Gasteiger partial charge in [0.2, 0.25) is 5.91 Å². The first-order valence-electron chi connectivity index (χ1n) is 5.51. The predicted octanol–water partition coefficient (Wildman–Crippen LogP) is 2.61. The first-order chi connectivity index (χ1) is 7.70. The summed E-state index contributed by atoms with van der Waals surface area (Å²) in [7, 11) is 0. The average molecular weight is 275 g/mol. The Bertz CT molecular complexity index is 398. The van der Waals surface area contributed by atoms with Crippen molar-refractivity contribution in [3.05, 3.63) is 29.3 Å². The molecule has 1 atom stereocenters. The van der Waals surface area contributed by atoms with Crippen LogP contribution in [0.15, 0.2) is 24.3 Å². The molecule has 2 rings (SSSR count). The summed E-state index contributed by atoms with van der Waals surface area (Å²) in [6, 6.07) is 7.00. The lowest BCUT2D eigenvalue weighted by Crippen LogP contribution is -2.42. The molecule has 1 amide bonds. The maximum Gasteiger partial charge on any atom is 0.243 e. The summed E-state index contributed by atoms with van der Waals surface area (Å²) in [4.78, 5) is 13.7. The van der Waals surface area contributed by atoms with Crippen molar-refractivity contribution in [3.8, 4) is 0 Å². The van der Waals surface area contributed by atoms with Crippen molar-refractivity contribution < 1.29 is 4.79 Å². The highest BCUT2D eigenvalue weighted by atomic mass is 35.5. The third kappa shape index (κ3) is 3.12. The molecule has 5 heteroatoms. The molecule has 0 spiro atoms. The normalized spacial score (nSPS) is 20.7. The molecule has 1 unspecified atom stereocenters. The van der Waals surface area contributed by atoms with E-state index < -0.39 is 6.04 Å². The molecule has 0 aromatic heterocycles. The van der Waals surface area contributed by atoms with Crippen LogP contribution in [0.5, 0.6) is 0 Å². The van der Waals surface area contributed by atoms with Gasteiger partial charge in [-0.15, -0.1) is 12.4 Å². The highest BCUT2D eigenvalue weighted by Crippen LogP contribution is 2.27. The lowest BCUT2D eigenvalue weighted by molar-refractivity contribution is -0.119. The van der Waals surface area contributed by atoms with Crippen LogP contribution in [0, 0.1) is 0 Å². The second kappa shape index (κ2) is 6.24. The van der Waals surface area contributed by atoms with Crippen LogP contribution in [-0.2, 0) is 4.79 Å². The number of nitrogens with two attached hydrogens (primary N) is 1. The quantitative estimate of drug-likeness (QED) is 0.856. The fourth-order valence-corrected chi connectivity index (χ4v) is 2.22. The monoisotopic (exact) mass is 274 g/mol. The van der Waals surface area contributed by atoms with Crippen molar-refractivity contribution in [3.63, 3.8) is 0 Å². The highest BCUT2D eigenvalue weighted by molar-refractivity contribution is 6.33. The number of carbonyl (C=O) groups is 1. The number of hydrogen-bond acceptors (Lipinski definition) is 2. The van der Waals surface area contributed by atoms with E-state index in [1.54, 1.807) is 11.0 Å². The first-order valence-corrected chi connectivity index (χ1v) is 5.89. The van der Waals surface area contributed by atoms with Gasteiger partial charge < -0.3 is 10.6 Å². The lowest BCUT2D eigenvalue weighted by atomic mass is 10.1. The molecule has 1 aliphatic rings. The fourth-order valence-electron chi connectivity index (χ4n) is 1.98. The van der Waals surface area contributed by atoms with Gasteiger partial charge in [-0.3, -0.25) is 4.79 Å².